The van der Waals surface area contributed by atoms with Crippen LogP contribution in [-0.4, -0.2) is 62.1 Å². The smallest absolute Gasteiger partial charge is 0.234 e. The molecule has 0 aliphatic carbocycles. The van der Waals surface area contributed by atoms with Crippen LogP contribution in [0.4, 0.5) is 0 Å². The van der Waals surface area contributed by atoms with Gasteiger partial charge in [-0.05, 0) is 6.92 Å². The highest BCUT2D eigenvalue weighted by Gasteiger charge is 2.18. The lowest BCUT2D eigenvalue weighted by Crippen LogP contribution is -2.46. The zero-order valence-corrected chi connectivity index (χ0v) is 10.5. The van der Waals surface area contributed by atoms with E-state index in [-0.39, 0.29) is 17.9 Å². The molecule has 1 heterocycles. The van der Waals surface area contributed by atoms with Crippen molar-refractivity contribution in [3.05, 3.63) is 0 Å². The fourth-order valence-electron chi connectivity index (χ4n) is 1.73. The molecule has 0 saturated carbocycles. The Labute approximate surface area is 102 Å². The number of carbonyl (C=O) groups excluding carboxylic acids is 2. The highest BCUT2D eigenvalue weighted by Crippen LogP contribution is 2.02. The summed E-state index contributed by atoms with van der Waals surface area (Å²) >= 11 is 0. The zero-order chi connectivity index (χ0) is 12.7. The molecule has 6 heteroatoms. The van der Waals surface area contributed by atoms with Gasteiger partial charge in [-0.2, -0.15) is 0 Å². The number of ether oxygens (including phenoxy) is 1. The Kier molecular flexibility index (Phi) is 5.93. The second kappa shape index (κ2) is 7.24. The molecule has 0 radical (unpaired) electrons. The van der Waals surface area contributed by atoms with Gasteiger partial charge < -0.3 is 15.4 Å². The first-order valence-electron chi connectivity index (χ1n) is 5.93. The van der Waals surface area contributed by atoms with Crippen molar-refractivity contribution in [3.63, 3.8) is 0 Å². The van der Waals surface area contributed by atoms with E-state index < -0.39 is 0 Å². The number of hydrogen-bond acceptors (Lipinski definition) is 4. The lowest BCUT2D eigenvalue weighted by Gasteiger charge is -2.30. The lowest BCUT2D eigenvalue weighted by atomic mass is 10.3. The zero-order valence-electron chi connectivity index (χ0n) is 10.5. The Morgan fingerprint density at radius 1 is 1.35 bits per heavy atom. The maximum Gasteiger partial charge on any atom is 0.234 e. The molecule has 17 heavy (non-hydrogen) atoms. The molecule has 1 aliphatic rings. The average Bonchev–Trinajstić information content (AvgIpc) is 2.24. The second-order valence-electron chi connectivity index (χ2n) is 4.25. The van der Waals surface area contributed by atoms with Crippen molar-refractivity contribution < 1.29 is 14.3 Å². The lowest BCUT2D eigenvalue weighted by molar-refractivity contribution is -0.124. The summed E-state index contributed by atoms with van der Waals surface area (Å²) < 4.78 is 5.39. The van der Waals surface area contributed by atoms with Crippen LogP contribution in [0.1, 0.15) is 13.8 Å². The average molecular weight is 243 g/mol. The van der Waals surface area contributed by atoms with Gasteiger partial charge in [0.2, 0.25) is 11.8 Å². The minimum absolute atomic E-state index is 0.00977. The highest BCUT2D eigenvalue weighted by atomic mass is 16.5. The fourth-order valence-corrected chi connectivity index (χ4v) is 1.73. The van der Waals surface area contributed by atoms with Gasteiger partial charge in [-0.15, -0.1) is 0 Å². The third kappa shape index (κ3) is 6.23. The molecule has 98 valence electrons. The summed E-state index contributed by atoms with van der Waals surface area (Å²) in [4.78, 5) is 24.2. The van der Waals surface area contributed by atoms with Crippen molar-refractivity contribution in [2.75, 3.05) is 39.3 Å². The van der Waals surface area contributed by atoms with E-state index in [1.807, 2.05) is 6.92 Å². The van der Waals surface area contributed by atoms with E-state index in [1.165, 1.54) is 6.92 Å². The van der Waals surface area contributed by atoms with E-state index in [4.69, 9.17) is 4.74 Å². The SMILES string of the molecule is CC(=O)NCCNC(=O)CN1CCOC(C)C1. The summed E-state index contributed by atoms with van der Waals surface area (Å²) in [5, 5.41) is 5.39. The third-order valence-corrected chi connectivity index (χ3v) is 2.51. The van der Waals surface area contributed by atoms with E-state index in [9.17, 15) is 9.59 Å². The molecule has 1 rings (SSSR count). The number of rotatable bonds is 5. The normalized spacial score (nSPS) is 20.9. The van der Waals surface area contributed by atoms with Gasteiger partial charge in [0.25, 0.3) is 0 Å². The number of morpholine rings is 1. The minimum atomic E-state index is -0.0822. The van der Waals surface area contributed by atoms with Crippen LogP contribution in [0.25, 0.3) is 0 Å². The largest absolute Gasteiger partial charge is 0.376 e. The molecule has 0 aromatic carbocycles. The summed E-state index contributed by atoms with van der Waals surface area (Å²) in [6.07, 6.45) is 0.191. The van der Waals surface area contributed by atoms with Crippen LogP contribution in [0.15, 0.2) is 0 Å². The maximum absolute atomic E-state index is 11.6. The first-order valence-corrected chi connectivity index (χ1v) is 5.93. The molecule has 1 fully saturated rings. The maximum atomic E-state index is 11.6. The Morgan fingerprint density at radius 3 is 2.71 bits per heavy atom. The molecule has 0 aromatic heterocycles. The van der Waals surface area contributed by atoms with Crippen LogP contribution >= 0.6 is 0 Å². The van der Waals surface area contributed by atoms with Gasteiger partial charge in [0.15, 0.2) is 0 Å². The quantitative estimate of drug-likeness (QED) is 0.605. The van der Waals surface area contributed by atoms with Crippen LogP contribution in [-0.2, 0) is 14.3 Å². The van der Waals surface area contributed by atoms with E-state index in [2.05, 4.69) is 15.5 Å². The van der Waals surface area contributed by atoms with Gasteiger partial charge in [0, 0.05) is 33.1 Å². The third-order valence-electron chi connectivity index (χ3n) is 2.51. The fraction of sp³-hybridized carbons (Fsp3) is 0.818. The predicted octanol–water partition coefficient (Wildman–Crippen LogP) is -1.04. The van der Waals surface area contributed by atoms with Gasteiger partial charge in [0.1, 0.15) is 0 Å². The van der Waals surface area contributed by atoms with Gasteiger partial charge >= 0.3 is 0 Å². The van der Waals surface area contributed by atoms with E-state index in [0.717, 1.165) is 13.1 Å². The number of nitrogens with one attached hydrogen (secondary N) is 2. The van der Waals surface area contributed by atoms with E-state index in [1.54, 1.807) is 0 Å². The predicted molar refractivity (Wildman–Crippen MR) is 63.5 cm³/mol. The number of hydrogen-bond donors (Lipinski definition) is 2. The van der Waals surface area contributed by atoms with Gasteiger partial charge in [-0.25, -0.2) is 0 Å². The molecule has 1 atom stereocenters. The van der Waals surface area contributed by atoms with Crippen molar-refractivity contribution in [3.8, 4) is 0 Å². The van der Waals surface area contributed by atoms with Crippen LogP contribution < -0.4 is 10.6 Å². The Morgan fingerprint density at radius 2 is 2.06 bits per heavy atom. The second-order valence-corrected chi connectivity index (χ2v) is 4.25. The molecular weight excluding hydrogens is 222 g/mol. The van der Waals surface area contributed by atoms with E-state index in [0.29, 0.717) is 26.2 Å². The van der Waals surface area contributed by atoms with Gasteiger partial charge in [-0.3, -0.25) is 14.5 Å². The molecule has 6 nitrogen and oxygen atoms in total. The van der Waals surface area contributed by atoms with Crippen LogP contribution in [0.3, 0.4) is 0 Å². The molecule has 0 spiro atoms. The molecule has 2 amide bonds. The topological polar surface area (TPSA) is 70.7 Å². The number of carbonyl (C=O) groups is 2. The van der Waals surface area contributed by atoms with Crippen LogP contribution in [0, 0.1) is 0 Å². The molecule has 1 unspecified atom stereocenters. The van der Waals surface area contributed by atoms with Crippen molar-refractivity contribution in [2.45, 2.75) is 20.0 Å². The van der Waals surface area contributed by atoms with Crippen LogP contribution in [0.5, 0.6) is 0 Å². The van der Waals surface area contributed by atoms with Crippen LogP contribution in [0.2, 0.25) is 0 Å². The molecule has 2 N–H and O–H groups in total. The summed E-state index contributed by atoms with van der Waals surface area (Å²) in [7, 11) is 0. The van der Waals surface area contributed by atoms with Crippen molar-refractivity contribution in [1.82, 2.24) is 15.5 Å². The van der Waals surface area contributed by atoms with Crippen molar-refractivity contribution >= 4 is 11.8 Å². The molecule has 1 aliphatic heterocycles. The molecule has 0 bridgehead atoms. The summed E-state index contributed by atoms with van der Waals surface area (Å²) in [5.74, 6) is -0.0919. The molecular formula is C11H21N3O3. The van der Waals surface area contributed by atoms with E-state index >= 15 is 0 Å². The van der Waals surface area contributed by atoms with Crippen molar-refractivity contribution in [1.29, 1.82) is 0 Å². The summed E-state index contributed by atoms with van der Waals surface area (Å²) in [5.41, 5.74) is 0. The number of amides is 2. The first kappa shape index (κ1) is 13.9. The Hall–Kier alpha value is -1.14. The Balaban J connectivity index is 2.09. The number of nitrogens with zero attached hydrogens (tertiary/aromatic N) is 1. The minimum Gasteiger partial charge on any atom is -0.376 e. The first-order chi connectivity index (χ1) is 8.08. The summed E-state index contributed by atoms with van der Waals surface area (Å²) in [6, 6.07) is 0. The highest BCUT2D eigenvalue weighted by molar-refractivity contribution is 5.78. The molecule has 1 saturated heterocycles. The molecule has 0 aromatic rings. The standard InChI is InChI=1S/C11H21N3O3/c1-9-7-14(5-6-17-9)8-11(16)13-4-3-12-10(2)15/h9H,3-8H2,1-2H3,(H,12,15)(H,13,16). The Bertz CT molecular complexity index is 271. The van der Waals surface area contributed by atoms with Gasteiger partial charge in [-0.1, -0.05) is 0 Å². The monoisotopic (exact) mass is 243 g/mol. The van der Waals surface area contributed by atoms with Crippen molar-refractivity contribution in [2.24, 2.45) is 0 Å². The van der Waals surface area contributed by atoms with Gasteiger partial charge in [0.05, 0.1) is 19.3 Å². The summed E-state index contributed by atoms with van der Waals surface area (Å²) in [6.45, 7) is 7.06.